The number of carbonyl (C=O) groups is 2. The Hall–Kier alpha value is -2.57. The summed E-state index contributed by atoms with van der Waals surface area (Å²) in [5, 5.41) is 12.4. The van der Waals surface area contributed by atoms with E-state index in [9.17, 15) is 9.59 Å². The number of nitrogens with one attached hydrogen (secondary N) is 1. The molecule has 1 aromatic rings. The molecule has 0 spiro atoms. The highest BCUT2D eigenvalue weighted by atomic mass is 16.5. The van der Waals surface area contributed by atoms with Gasteiger partial charge in [-0.15, -0.1) is 0 Å². The second-order valence-corrected chi connectivity index (χ2v) is 5.22. The zero-order valence-electron chi connectivity index (χ0n) is 14.1. The molecule has 1 rings (SSSR count). The van der Waals surface area contributed by atoms with Gasteiger partial charge in [0.05, 0.1) is 20.4 Å². The first-order chi connectivity index (χ1) is 11.6. The molecule has 0 atom stereocenters. The fourth-order valence-electron chi connectivity index (χ4n) is 2.08. The number of amides is 1. The number of carboxylic acid groups (broad SMARTS) is 1. The summed E-state index contributed by atoms with van der Waals surface area (Å²) in [6, 6.07) is 5.33. The van der Waals surface area contributed by atoms with Crippen LogP contribution in [-0.4, -0.2) is 37.4 Å². The number of carbonyl (C=O) groups excluding carboxylic acids is 1. The molecule has 0 bridgehead atoms. The monoisotopic (exact) mass is 336 g/mol. The standard InChI is InChI=1S/C17H24N2O5/c1-23-14-10-9-13(11-15(14)24-2)12-18-19-16(20)7-5-3-4-6-8-17(21)22/h9-12H,3-8H2,1-2H3,(H,19,20)(H,21,22)/b18-12+. The first-order valence-corrected chi connectivity index (χ1v) is 7.82. The topological polar surface area (TPSA) is 97.2 Å². The average molecular weight is 336 g/mol. The third-order valence-electron chi connectivity index (χ3n) is 3.35. The van der Waals surface area contributed by atoms with Crippen LogP contribution in [0.1, 0.15) is 44.1 Å². The van der Waals surface area contributed by atoms with Crippen LogP contribution in [0.15, 0.2) is 23.3 Å². The maximum absolute atomic E-state index is 11.6. The number of nitrogens with zero attached hydrogens (tertiary/aromatic N) is 1. The molecule has 0 radical (unpaired) electrons. The first-order valence-electron chi connectivity index (χ1n) is 7.82. The Kier molecular flexibility index (Phi) is 8.96. The Labute approximate surface area is 141 Å². The van der Waals surface area contributed by atoms with Crippen LogP contribution in [0.5, 0.6) is 11.5 Å². The summed E-state index contributed by atoms with van der Waals surface area (Å²) in [6.07, 6.45) is 5.10. The highest BCUT2D eigenvalue weighted by Crippen LogP contribution is 2.26. The normalized spacial score (nSPS) is 10.6. The van der Waals surface area contributed by atoms with E-state index < -0.39 is 5.97 Å². The number of aliphatic carboxylic acids is 1. The van der Waals surface area contributed by atoms with Crippen molar-refractivity contribution >= 4 is 18.1 Å². The third kappa shape index (κ3) is 7.62. The highest BCUT2D eigenvalue weighted by molar-refractivity contribution is 5.83. The van der Waals surface area contributed by atoms with Crippen LogP contribution >= 0.6 is 0 Å². The molecule has 0 fully saturated rings. The van der Waals surface area contributed by atoms with E-state index in [1.807, 2.05) is 0 Å². The maximum Gasteiger partial charge on any atom is 0.303 e. The lowest BCUT2D eigenvalue weighted by molar-refractivity contribution is -0.137. The van der Waals surface area contributed by atoms with E-state index >= 15 is 0 Å². The zero-order valence-corrected chi connectivity index (χ0v) is 14.1. The van der Waals surface area contributed by atoms with E-state index in [2.05, 4.69) is 10.5 Å². The predicted octanol–water partition coefficient (Wildman–Crippen LogP) is 2.58. The highest BCUT2D eigenvalue weighted by Gasteiger charge is 2.03. The number of rotatable bonds is 11. The van der Waals surface area contributed by atoms with Gasteiger partial charge >= 0.3 is 5.97 Å². The van der Waals surface area contributed by atoms with E-state index in [-0.39, 0.29) is 12.3 Å². The zero-order chi connectivity index (χ0) is 17.8. The van der Waals surface area contributed by atoms with Gasteiger partial charge in [-0.05, 0) is 36.6 Å². The van der Waals surface area contributed by atoms with Gasteiger partial charge in [-0.25, -0.2) is 5.43 Å². The Morgan fingerprint density at radius 2 is 1.75 bits per heavy atom. The molecule has 0 saturated carbocycles. The molecule has 7 heteroatoms. The van der Waals surface area contributed by atoms with Gasteiger partial charge < -0.3 is 14.6 Å². The summed E-state index contributed by atoms with van der Waals surface area (Å²) in [4.78, 5) is 22.0. The fraction of sp³-hybridized carbons (Fsp3) is 0.471. The number of hydrazone groups is 1. The minimum absolute atomic E-state index is 0.162. The van der Waals surface area contributed by atoms with Crippen LogP contribution in [0.4, 0.5) is 0 Å². The predicted molar refractivity (Wildman–Crippen MR) is 90.6 cm³/mol. The number of hydrogen-bond donors (Lipinski definition) is 2. The van der Waals surface area contributed by atoms with Crippen molar-refractivity contribution in [3.63, 3.8) is 0 Å². The summed E-state index contributed by atoms with van der Waals surface area (Å²) in [6.45, 7) is 0. The van der Waals surface area contributed by atoms with Crippen LogP contribution in [0.25, 0.3) is 0 Å². The Morgan fingerprint density at radius 3 is 2.38 bits per heavy atom. The molecule has 0 unspecified atom stereocenters. The van der Waals surface area contributed by atoms with Crippen LogP contribution in [0.3, 0.4) is 0 Å². The van der Waals surface area contributed by atoms with Gasteiger partial charge in [-0.2, -0.15) is 5.10 Å². The number of carboxylic acids is 1. The van der Waals surface area contributed by atoms with Gasteiger partial charge in [0, 0.05) is 12.8 Å². The SMILES string of the molecule is COc1ccc(/C=N/NC(=O)CCCCCCC(=O)O)cc1OC. The molecule has 0 aliphatic heterocycles. The number of benzene rings is 1. The molecule has 7 nitrogen and oxygen atoms in total. The fourth-order valence-corrected chi connectivity index (χ4v) is 2.08. The van der Waals surface area contributed by atoms with Crippen LogP contribution in [-0.2, 0) is 9.59 Å². The van der Waals surface area contributed by atoms with Gasteiger partial charge in [0.15, 0.2) is 11.5 Å². The van der Waals surface area contributed by atoms with Crippen LogP contribution < -0.4 is 14.9 Å². The van der Waals surface area contributed by atoms with Gasteiger partial charge in [-0.1, -0.05) is 12.8 Å². The summed E-state index contributed by atoms with van der Waals surface area (Å²) in [5.74, 6) is 0.276. The van der Waals surface area contributed by atoms with Crippen molar-refractivity contribution in [3.05, 3.63) is 23.8 Å². The maximum atomic E-state index is 11.6. The van der Waals surface area contributed by atoms with Crippen molar-refractivity contribution in [2.24, 2.45) is 5.10 Å². The molecule has 132 valence electrons. The first kappa shape index (κ1) is 19.5. The average Bonchev–Trinajstić information content (AvgIpc) is 2.57. The smallest absolute Gasteiger partial charge is 0.303 e. The summed E-state index contributed by atoms with van der Waals surface area (Å²) >= 11 is 0. The van der Waals surface area contributed by atoms with Gasteiger partial charge in [-0.3, -0.25) is 9.59 Å². The summed E-state index contributed by atoms with van der Waals surface area (Å²) in [7, 11) is 3.12. The van der Waals surface area contributed by atoms with Gasteiger partial charge in [0.1, 0.15) is 0 Å². The molecule has 0 heterocycles. The van der Waals surface area contributed by atoms with Crippen molar-refractivity contribution in [2.45, 2.75) is 38.5 Å². The van der Waals surface area contributed by atoms with Crippen molar-refractivity contribution in [3.8, 4) is 11.5 Å². The molecule has 0 aromatic heterocycles. The molecule has 1 amide bonds. The number of unbranched alkanes of at least 4 members (excludes halogenated alkanes) is 3. The van der Waals surface area contributed by atoms with Gasteiger partial charge in [0.2, 0.25) is 5.91 Å². The largest absolute Gasteiger partial charge is 0.493 e. The minimum Gasteiger partial charge on any atom is -0.493 e. The molecule has 24 heavy (non-hydrogen) atoms. The lowest BCUT2D eigenvalue weighted by atomic mass is 10.1. The molecule has 1 aromatic carbocycles. The number of methoxy groups -OCH3 is 2. The second-order valence-electron chi connectivity index (χ2n) is 5.22. The molecular weight excluding hydrogens is 312 g/mol. The Bertz CT molecular complexity index is 572. The van der Waals surface area contributed by atoms with E-state index in [0.29, 0.717) is 24.3 Å². The van der Waals surface area contributed by atoms with Gasteiger partial charge in [0.25, 0.3) is 0 Å². The van der Waals surface area contributed by atoms with E-state index in [1.54, 1.807) is 32.4 Å². The molecule has 0 saturated heterocycles. The van der Waals surface area contributed by atoms with Crippen molar-refractivity contribution < 1.29 is 24.2 Å². The molecule has 0 aliphatic carbocycles. The summed E-state index contributed by atoms with van der Waals surface area (Å²) in [5.41, 5.74) is 3.25. The third-order valence-corrected chi connectivity index (χ3v) is 3.35. The Balaban J connectivity index is 2.28. The summed E-state index contributed by atoms with van der Waals surface area (Å²) < 4.78 is 10.3. The minimum atomic E-state index is -0.780. The lowest BCUT2D eigenvalue weighted by Crippen LogP contribution is -2.16. The quantitative estimate of drug-likeness (QED) is 0.368. The van der Waals surface area contributed by atoms with E-state index in [0.717, 1.165) is 24.8 Å². The Morgan fingerprint density at radius 1 is 1.08 bits per heavy atom. The van der Waals surface area contributed by atoms with E-state index in [1.165, 1.54) is 6.21 Å². The van der Waals surface area contributed by atoms with Crippen LogP contribution in [0.2, 0.25) is 0 Å². The van der Waals surface area contributed by atoms with Crippen molar-refractivity contribution in [1.82, 2.24) is 5.43 Å². The molecule has 2 N–H and O–H groups in total. The second kappa shape index (κ2) is 11.0. The molecular formula is C17H24N2O5. The van der Waals surface area contributed by atoms with Crippen molar-refractivity contribution in [1.29, 1.82) is 0 Å². The lowest BCUT2D eigenvalue weighted by Gasteiger charge is -2.07. The van der Waals surface area contributed by atoms with Crippen LogP contribution in [0, 0.1) is 0 Å². The molecule has 0 aliphatic rings. The van der Waals surface area contributed by atoms with Crippen molar-refractivity contribution in [2.75, 3.05) is 14.2 Å². The van der Waals surface area contributed by atoms with E-state index in [4.69, 9.17) is 14.6 Å². The number of hydrogen-bond acceptors (Lipinski definition) is 5. The number of ether oxygens (including phenoxy) is 2.